The molecule has 1 aliphatic heterocycles. The van der Waals surface area contributed by atoms with Crippen LogP contribution in [0.3, 0.4) is 0 Å². The summed E-state index contributed by atoms with van der Waals surface area (Å²) in [5, 5.41) is 9.97. The van der Waals surface area contributed by atoms with Crippen LogP contribution in [-0.4, -0.2) is 39.9 Å². The highest BCUT2D eigenvalue weighted by molar-refractivity contribution is 5.67. The second kappa shape index (κ2) is 5.21. The van der Waals surface area contributed by atoms with Crippen molar-refractivity contribution in [3.63, 3.8) is 0 Å². The molecule has 0 spiro atoms. The highest BCUT2D eigenvalue weighted by atomic mass is 16.5. The topological polar surface area (TPSA) is 84.5 Å². The van der Waals surface area contributed by atoms with Crippen molar-refractivity contribution >= 4 is 11.5 Å². The number of aromatic nitrogens is 2. The minimum absolute atomic E-state index is 0.0205. The first-order valence-corrected chi connectivity index (χ1v) is 6.63. The van der Waals surface area contributed by atoms with Gasteiger partial charge in [-0.15, -0.1) is 0 Å². The fourth-order valence-electron chi connectivity index (χ4n) is 2.14. The monoisotopic (exact) mass is 266 g/mol. The van der Waals surface area contributed by atoms with Gasteiger partial charge in [-0.2, -0.15) is 4.98 Å². The lowest BCUT2D eigenvalue weighted by Gasteiger charge is -2.36. The van der Waals surface area contributed by atoms with E-state index in [0.717, 1.165) is 13.1 Å². The normalized spacial score (nSPS) is 18.7. The van der Waals surface area contributed by atoms with E-state index in [1.165, 1.54) is 6.33 Å². The van der Waals surface area contributed by atoms with Gasteiger partial charge < -0.3 is 20.5 Å². The molecule has 3 N–H and O–H groups in total. The molecule has 6 nitrogen and oxygen atoms in total. The van der Waals surface area contributed by atoms with Crippen LogP contribution in [-0.2, 0) is 0 Å². The molecule has 1 fully saturated rings. The highest BCUT2D eigenvalue weighted by Gasteiger charge is 2.29. The standard InChI is InChI=1S/C13H22N4O2/c1-9(2)19-12-10(14)11(15-8-16-12)17-6-4-13(3,18)5-7-17/h8-9,18H,4-7,14H2,1-3H3. The molecule has 2 rings (SSSR count). The van der Waals surface area contributed by atoms with Crippen LogP contribution in [0, 0.1) is 0 Å². The quantitative estimate of drug-likeness (QED) is 0.855. The maximum atomic E-state index is 9.97. The van der Waals surface area contributed by atoms with E-state index in [-0.39, 0.29) is 6.10 Å². The van der Waals surface area contributed by atoms with Crippen molar-refractivity contribution in [3.05, 3.63) is 6.33 Å². The van der Waals surface area contributed by atoms with Crippen molar-refractivity contribution in [2.45, 2.75) is 45.3 Å². The maximum absolute atomic E-state index is 9.97. The van der Waals surface area contributed by atoms with E-state index < -0.39 is 5.60 Å². The Morgan fingerprint density at radius 3 is 2.58 bits per heavy atom. The SMILES string of the molecule is CC(C)Oc1ncnc(N2CCC(C)(O)CC2)c1N. The van der Waals surface area contributed by atoms with Gasteiger partial charge in [0.25, 0.3) is 0 Å². The van der Waals surface area contributed by atoms with E-state index in [9.17, 15) is 5.11 Å². The summed E-state index contributed by atoms with van der Waals surface area (Å²) in [6, 6.07) is 0. The maximum Gasteiger partial charge on any atom is 0.242 e. The zero-order valence-electron chi connectivity index (χ0n) is 11.8. The van der Waals surface area contributed by atoms with Gasteiger partial charge in [0.2, 0.25) is 5.88 Å². The van der Waals surface area contributed by atoms with Gasteiger partial charge in [0, 0.05) is 13.1 Å². The molecule has 1 aromatic heterocycles. The smallest absolute Gasteiger partial charge is 0.242 e. The van der Waals surface area contributed by atoms with E-state index in [1.807, 2.05) is 20.8 Å². The summed E-state index contributed by atoms with van der Waals surface area (Å²) in [4.78, 5) is 10.4. The molecule has 2 heterocycles. The number of piperidine rings is 1. The third kappa shape index (κ3) is 3.26. The van der Waals surface area contributed by atoms with Crippen LogP contribution in [0.25, 0.3) is 0 Å². The number of hydrogen-bond donors (Lipinski definition) is 2. The Morgan fingerprint density at radius 1 is 1.37 bits per heavy atom. The number of nitrogen functional groups attached to an aromatic ring is 1. The zero-order valence-corrected chi connectivity index (χ0v) is 11.8. The van der Waals surface area contributed by atoms with E-state index in [2.05, 4.69) is 14.9 Å². The summed E-state index contributed by atoms with van der Waals surface area (Å²) in [7, 11) is 0. The molecule has 1 saturated heterocycles. The number of rotatable bonds is 3. The highest BCUT2D eigenvalue weighted by Crippen LogP contribution is 2.32. The minimum atomic E-state index is -0.588. The van der Waals surface area contributed by atoms with Gasteiger partial charge in [-0.1, -0.05) is 0 Å². The average Bonchev–Trinajstić information content (AvgIpc) is 2.32. The number of nitrogens with two attached hydrogens (primary N) is 1. The molecular formula is C13H22N4O2. The Kier molecular flexibility index (Phi) is 3.80. The molecule has 0 unspecified atom stereocenters. The second-order valence-electron chi connectivity index (χ2n) is 5.57. The summed E-state index contributed by atoms with van der Waals surface area (Å²) in [5.41, 5.74) is 5.96. The first kappa shape index (κ1) is 13.9. The van der Waals surface area contributed by atoms with Crippen LogP contribution >= 0.6 is 0 Å². The van der Waals surface area contributed by atoms with Gasteiger partial charge >= 0.3 is 0 Å². The molecule has 0 atom stereocenters. The molecule has 106 valence electrons. The van der Waals surface area contributed by atoms with Crippen molar-refractivity contribution in [2.24, 2.45) is 0 Å². The number of anilines is 2. The Bertz CT molecular complexity index is 438. The molecule has 0 bridgehead atoms. The lowest BCUT2D eigenvalue weighted by atomic mass is 9.94. The minimum Gasteiger partial charge on any atom is -0.473 e. The van der Waals surface area contributed by atoms with Crippen molar-refractivity contribution in [2.75, 3.05) is 23.7 Å². The molecular weight excluding hydrogens is 244 g/mol. The van der Waals surface area contributed by atoms with Gasteiger partial charge in [0.1, 0.15) is 12.0 Å². The van der Waals surface area contributed by atoms with E-state index >= 15 is 0 Å². The number of ether oxygens (including phenoxy) is 1. The van der Waals surface area contributed by atoms with Gasteiger partial charge in [-0.3, -0.25) is 0 Å². The van der Waals surface area contributed by atoms with Crippen molar-refractivity contribution in [1.82, 2.24) is 9.97 Å². The Hall–Kier alpha value is -1.56. The van der Waals surface area contributed by atoms with Gasteiger partial charge in [-0.05, 0) is 33.6 Å². The van der Waals surface area contributed by atoms with Crippen LogP contribution in [0.2, 0.25) is 0 Å². The van der Waals surface area contributed by atoms with Crippen LogP contribution in [0.1, 0.15) is 33.6 Å². The van der Waals surface area contributed by atoms with Crippen molar-refractivity contribution < 1.29 is 9.84 Å². The van der Waals surface area contributed by atoms with Crippen LogP contribution < -0.4 is 15.4 Å². The number of nitrogens with zero attached hydrogens (tertiary/aromatic N) is 3. The molecule has 0 aromatic carbocycles. The van der Waals surface area contributed by atoms with Gasteiger partial charge in [0.05, 0.1) is 11.7 Å². The summed E-state index contributed by atoms with van der Waals surface area (Å²) in [6.07, 6.45) is 2.90. The van der Waals surface area contributed by atoms with Crippen LogP contribution in [0.5, 0.6) is 5.88 Å². The molecule has 6 heteroatoms. The second-order valence-corrected chi connectivity index (χ2v) is 5.57. The molecule has 0 radical (unpaired) electrons. The lowest BCUT2D eigenvalue weighted by molar-refractivity contribution is 0.0350. The van der Waals surface area contributed by atoms with E-state index in [1.54, 1.807) is 0 Å². The number of hydrogen-bond acceptors (Lipinski definition) is 6. The molecule has 0 amide bonds. The third-order valence-electron chi connectivity index (χ3n) is 3.31. The van der Waals surface area contributed by atoms with Crippen LogP contribution in [0.15, 0.2) is 6.33 Å². The molecule has 0 aliphatic carbocycles. The fraction of sp³-hybridized carbons (Fsp3) is 0.692. The zero-order chi connectivity index (χ0) is 14.0. The molecule has 1 aromatic rings. The predicted molar refractivity (Wildman–Crippen MR) is 74.3 cm³/mol. The average molecular weight is 266 g/mol. The van der Waals surface area contributed by atoms with E-state index in [0.29, 0.717) is 30.2 Å². The first-order chi connectivity index (χ1) is 8.89. The predicted octanol–water partition coefficient (Wildman–Crippen LogP) is 1.20. The summed E-state index contributed by atoms with van der Waals surface area (Å²) in [5.74, 6) is 1.12. The third-order valence-corrected chi connectivity index (χ3v) is 3.31. The van der Waals surface area contributed by atoms with Crippen molar-refractivity contribution in [1.29, 1.82) is 0 Å². The fourth-order valence-corrected chi connectivity index (χ4v) is 2.14. The first-order valence-electron chi connectivity index (χ1n) is 6.63. The summed E-state index contributed by atoms with van der Waals surface area (Å²) in [6.45, 7) is 7.18. The van der Waals surface area contributed by atoms with E-state index in [4.69, 9.17) is 10.5 Å². The largest absolute Gasteiger partial charge is 0.473 e. The Morgan fingerprint density at radius 2 is 2.00 bits per heavy atom. The van der Waals surface area contributed by atoms with Gasteiger partial charge in [-0.25, -0.2) is 4.98 Å². The van der Waals surface area contributed by atoms with Crippen LogP contribution in [0.4, 0.5) is 11.5 Å². The lowest BCUT2D eigenvalue weighted by Crippen LogP contribution is -2.43. The number of aliphatic hydroxyl groups is 1. The van der Waals surface area contributed by atoms with Gasteiger partial charge in [0.15, 0.2) is 5.82 Å². The Labute approximate surface area is 113 Å². The molecule has 19 heavy (non-hydrogen) atoms. The molecule has 0 saturated carbocycles. The molecule has 1 aliphatic rings. The van der Waals surface area contributed by atoms with Crippen molar-refractivity contribution in [3.8, 4) is 5.88 Å². The summed E-state index contributed by atoms with van der Waals surface area (Å²) < 4.78 is 5.57. The Balaban J connectivity index is 2.17. The summed E-state index contributed by atoms with van der Waals surface area (Å²) >= 11 is 0.